The van der Waals surface area contributed by atoms with Gasteiger partial charge in [0.25, 0.3) is 0 Å². The third-order valence-corrected chi connectivity index (χ3v) is 4.30. The third kappa shape index (κ3) is 2.86. The summed E-state index contributed by atoms with van der Waals surface area (Å²) in [6.45, 7) is 0.784. The molecule has 0 spiro atoms. The quantitative estimate of drug-likeness (QED) is 0.888. The van der Waals surface area contributed by atoms with Crippen LogP contribution in [0, 0.1) is 5.92 Å². The van der Waals surface area contributed by atoms with Crippen LogP contribution in [-0.4, -0.2) is 6.54 Å². The minimum Gasteiger partial charge on any atom is -0.330 e. The van der Waals surface area contributed by atoms with E-state index >= 15 is 0 Å². The molecule has 0 saturated heterocycles. The molecule has 1 aliphatic rings. The Morgan fingerprint density at radius 2 is 1.75 bits per heavy atom. The highest BCUT2D eigenvalue weighted by Crippen LogP contribution is 2.35. The molecule has 1 fully saturated rings. The molecular weight excluding hydrogens is 262 g/mol. The lowest BCUT2D eigenvalue weighted by molar-refractivity contribution is 0.307. The molecule has 0 radical (unpaired) electrons. The van der Waals surface area contributed by atoms with E-state index in [0.717, 1.165) is 16.9 Å². The standard InChI is InChI=1S/C14H20BrN/c15-13-8-6-12(7-9-13)14(10-16)11-4-2-1-3-5-11/h6-9,11,14H,1-5,10,16H2/t14-/m1/s1. The van der Waals surface area contributed by atoms with Gasteiger partial charge in [0.05, 0.1) is 0 Å². The molecule has 1 aromatic rings. The van der Waals surface area contributed by atoms with Gasteiger partial charge in [0.15, 0.2) is 0 Å². The molecule has 2 rings (SSSR count). The van der Waals surface area contributed by atoms with E-state index in [-0.39, 0.29) is 0 Å². The van der Waals surface area contributed by atoms with E-state index in [4.69, 9.17) is 5.73 Å². The number of halogens is 1. The fraction of sp³-hybridized carbons (Fsp3) is 0.571. The maximum atomic E-state index is 5.96. The second kappa shape index (κ2) is 5.83. The van der Waals surface area contributed by atoms with E-state index < -0.39 is 0 Å². The number of hydrogen-bond donors (Lipinski definition) is 1. The summed E-state index contributed by atoms with van der Waals surface area (Å²) in [7, 11) is 0. The Labute approximate surface area is 107 Å². The number of nitrogens with two attached hydrogens (primary N) is 1. The van der Waals surface area contributed by atoms with Crippen molar-refractivity contribution in [3.05, 3.63) is 34.3 Å². The molecular formula is C14H20BrN. The largest absolute Gasteiger partial charge is 0.330 e. The van der Waals surface area contributed by atoms with Crippen molar-refractivity contribution in [2.45, 2.75) is 38.0 Å². The highest BCUT2D eigenvalue weighted by Gasteiger charge is 2.23. The van der Waals surface area contributed by atoms with Crippen LogP contribution in [0.4, 0.5) is 0 Å². The lowest BCUT2D eigenvalue weighted by Gasteiger charge is -2.29. The van der Waals surface area contributed by atoms with Gasteiger partial charge in [0.2, 0.25) is 0 Å². The summed E-state index contributed by atoms with van der Waals surface area (Å²) in [4.78, 5) is 0. The van der Waals surface area contributed by atoms with Crippen LogP contribution in [0.15, 0.2) is 28.7 Å². The Kier molecular flexibility index (Phi) is 4.42. The van der Waals surface area contributed by atoms with Crippen molar-refractivity contribution in [1.29, 1.82) is 0 Å². The lowest BCUT2D eigenvalue weighted by Crippen LogP contribution is -2.23. The summed E-state index contributed by atoms with van der Waals surface area (Å²) >= 11 is 3.48. The van der Waals surface area contributed by atoms with E-state index in [1.165, 1.54) is 37.7 Å². The van der Waals surface area contributed by atoms with Crippen LogP contribution in [-0.2, 0) is 0 Å². The summed E-state index contributed by atoms with van der Waals surface area (Å²) < 4.78 is 1.15. The van der Waals surface area contributed by atoms with Gasteiger partial charge in [-0.3, -0.25) is 0 Å². The fourth-order valence-corrected chi connectivity index (χ4v) is 3.11. The van der Waals surface area contributed by atoms with Gasteiger partial charge >= 0.3 is 0 Å². The van der Waals surface area contributed by atoms with Crippen molar-refractivity contribution in [1.82, 2.24) is 0 Å². The molecule has 0 unspecified atom stereocenters. The molecule has 1 nitrogen and oxygen atoms in total. The minimum absolute atomic E-state index is 0.563. The monoisotopic (exact) mass is 281 g/mol. The molecule has 2 N–H and O–H groups in total. The molecule has 0 aromatic heterocycles. The van der Waals surface area contributed by atoms with Crippen molar-refractivity contribution in [2.24, 2.45) is 11.7 Å². The van der Waals surface area contributed by atoms with Crippen molar-refractivity contribution in [3.8, 4) is 0 Å². The van der Waals surface area contributed by atoms with Crippen molar-refractivity contribution >= 4 is 15.9 Å². The summed E-state index contributed by atoms with van der Waals surface area (Å²) in [6.07, 6.45) is 6.90. The molecule has 1 aliphatic carbocycles. The normalized spacial score (nSPS) is 19.6. The second-order valence-electron chi connectivity index (χ2n) is 4.79. The highest BCUT2D eigenvalue weighted by atomic mass is 79.9. The predicted molar refractivity (Wildman–Crippen MR) is 72.5 cm³/mol. The van der Waals surface area contributed by atoms with Gasteiger partial charge in [-0.2, -0.15) is 0 Å². The number of benzene rings is 1. The Balaban J connectivity index is 2.11. The SMILES string of the molecule is NC[C@@H](c1ccc(Br)cc1)C1CCCCC1. The molecule has 88 valence electrons. The summed E-state index contributed by atoms with van der Waals surface area (Å²) in [5, 5.41) is 0. The van der Waals surface area contributed by atoms with Gasteiger partial charge in [0.1, 0.15) is 0 Å². The summed E-state index contributed by atoms with van der Waals surface area (Å²) in [5.41, 5.74) is 7.38. The van der Waals surface area contributed by atoms with Gasteiger partial charge in [-0.25, -0.2) is 0 Å². The first-order chi connectivity index (χ1) is 7.81. The van der Waals surface area contributed by atoms with Gasteiger partial charge in [0, 0.05) is 4.47 Å². The van der Waals surface area contributed by atoms with E-state index in [1.54, 1.807) is 0 Å². The van der Waals surface area contributed by atoms with Crippen LogP contribution < -0.4 is 5.73 Å². The maximum Gasteiger partial charge on any atom is 0.0175 e. The van der Waals surface area contributed by atoms with Gasteiger partial charge in [-0.05, 0) is 48.9 Å². The maximum absolute atomic E-state index is 5.96. The molecule has 16 heavy (non-hydrogen) atoms. The Morgan fingerprint density at radius 1 is 1.12 bits per heavy atom. The first-order valence-corrected chi connectivity index (χ1v) is 7.06. The smallest absolute Gasteiger partial charge is 0.0175 e. The summed E-state index contributed by atoms with van der Waals surface area (Å²) in [6, 6.07) is 8.69. The Hall–Kier alpha value is -0.340. The zero-order valence-electron chi connectivity index (χ0n) is 9.66. The summed E-state index contributed by atoms with van der Waals surface area (Å²) in [5.74, 6) is 1.37. The highest BCUT2D eigenvalue weighted by molar-refractivity contribution is 9.10. The van der Waals surface area contributed by atoms with E-state index in [0.29, 0.717) is 5.92 Å². The van der Waals surface area contributed by atoms with Crippen LogP contribution in [0.3, 0.4) is 0 Å². The average Bonchev–Trinajstić information content (AvgIpc) is 2.34. The Bertz CT molecular complexity index is 314. The zero-order valence-corrected chi connectivity index (χ0v) is 11.2. The molecule has 1 atom stereocenters. The topological polar surface area (TPSA) is 26.0 Å². The van der Waals surface area contributed by atoms with E-state index in [9.17, 15) is 0 Å². The zero-order chi connectivity index (χ0) is 11.4. The van der Waals surface area contributed by atoms with Crippen molar-refractivity contribution < 1.29 is 0 Å². The minimum atomic E-state index is 0.563. The molecule has 0 bridgehead atoms. The first kappa shape index (κ1) is 12.1. The second-order valence-corrected chi connectivity index (χ2v) is 5.71. The van der Waals surface area contributed by atoms with Crippen LogP contribution in [0.1, 0.15) is 43.6 Å². The number of rotatable bonds is 3. The van der Waals surface area contributed by atoms with Crippen molar-refractivity contribution in [2.75, 3.05) is 6.54 Å². The van der Waals surface area contributed by atoms with Crippen LogP contribution in [0.2, 0.25) is 0 Å². The molecule has 0 aliphatic heterocycles. The van der Waals surface area contributed by atoms with Gasteiger partial charge in [-0.1, -0.05) is 47.3 Å². The van der Waals surface area contributed by atoms with Gasteiger partial charge in [-0.15, -0.1) is 0 Å². The predicted octanol–water partition coefficient (Wildman–Crippen LogP) is 4.07. The average molecular weight is 282 g/mol. The van der Waals surface area contributed by atoms with E-state index in [2.05, 4.69) is 40.2 Å². The molecule has 1 aromatic carbocycles. The first-order valence-electron chi connectivity index (χ1n) is 6.27. The Morgan fingerprint density at radius 3 is 2.31 bits per heavy atom. The lowest BCUT2D eigenvalue weighted by atomic mass is 9.77. The van der Waals surface area contributed by atoms with E-state index in [1.807, 2.05) is 0 Å². The van der Waals surface area contributed by atoms with Crippen molar-refractivity contribution in [3.63, 3.8) is 0 Å². The van der Waals surface area contributed by atoms with Crippen LogP contribution >= 0.6 is 15.9 Å². The molecule has 0 heterocycles. The molecule has 2 heteroatoms. The molecule has 1 saturated carbocycles. The number of hydrogen-bond acceptors (Lipinski definition) is 1. The van der Waals surface area contributed by atoms with Crippen LogP contribution in [0.5, 0.6) is 0 Å². The van der Waals surface area contributed by atoms with Gasteiger partial charge < -0.3 is 5.73 Å². The fourth-order valence-electron chi connectivity index (χ4n) is 2.85. The molecule has 0 amide bonds. The van der Waals surface area contributed by atoms with Crippen LogP contribution in [0.25, 0.3) is 0 Å². The third-order valence-electron chi connectivity index (χ3n) is 3.77.